The Morgan fingerprint density at radius 1 is 1.25 bits per heavy atom. The van der Waals surface area contributed by atoms with E-state index in [2.05, 4.69) is 29.1 Å². The van der Waals surface area contributed by atoms with E-state index >= 15 is 0 Å². The van der Waals surface area contributed by atoms with Gasteiger partial charge in [-0.05, 0) is 31.2 Å². The van der Waals surface area contributed by atoms with Gasteiger partial charge < -0.3 is 10.3 Å². The molecule has 5 heteroatoms. The van der Waals surface area contributed by atoms with Gasteiger partial charge in [0.25, 0.3) is 0 Å². The van der Waals surface area contributed by atoms with Crippen LogP contribution >= 0.6 is 0 Å². The summed E-state index contributed by atoms with van der Waals surface area (Å²) >= 11 is 0. The lowest BCUT2D eigenvalue weighted by atomic mass is 10.1. The zero-order chi connectivity index (χ0) is 14.5. The topological polar surface area (TPSA) is 40.7 Å². The fourth-order valence-electron chi connectivity index (χ4n) is 1.95. The van der Waals surface area contributed by atoms with Gasteiger partial charge in [-0.25, -0.2) is 13.8 Å². The minimum atomic E-state index is -0.847. The van der Waals surface area contributed by atoms with E-state index in [4.69, 9.17) is 0 Å². The summed E-state index contributed by atoms with van der Waals surface area (Å²) < 4.78 is 26.1. The van der Waals surface area contributed by atoms with Gasteiger partial charge in [0.2, 0.25) is 0 Å². The molecular formula is C15H19F2N3. The smallest absolute Gasteiger partial charge is 0.159 e. The lowest BCUT2D eigenvalue weighted by molar-refractivity contribution is 0.509. The summed E-state index contributed by atoms with van der Waals surface area (Å²) in [7, 11) is 0. The summed E-state index contributed by atoms with van der Waals surface area (Å²) in [5.41, 5.74) is 1.30. The number of rotatable bonds is 6. The molecule has 0 saturated carbocycles. The average Bonchev–Trinajstić information content (AvgIpc) is 2.86. The van der Waals surface area contributed by atoms with Crippen LogP contribution in [-0.4, -0.2) is 22.6 Å². The van der Waals surface area contributed by atoms with Gasteiger partial charge in [0.05, 0.1) is 11.9 Å². The zero-order valence-corrected chi connectivity index (χ0v) is 11.7. The maximum atomic E-state index is 13.2. The molecule has 0 bridgehead atoms. The number of aromatic nitrogens is 2. The molecule has 0 amide bonds. The van der Waals surface area contributed by atoms with Crippen molar-refractivity contribution in [1.29, 1.82) is 0 Å². The maximum Gasteiger partial charge on any atom is 0.159 e. The fraction of sp³-hybridized carbons (Fsp3) is 0.400. The molecule has 2 aromatic rings. The van der Waals surface area contributed by atoms with Gasteiger partial charge >= 0.3 is 0 Å². The highest BCUT2D eigenvalue weighted by atomic mass is 19.2. The van der Waals surface area contributed by atoms with Gasteiger partial charge in [0, 0.05) is 18.0 Å². The number of aryl methyl sites for hydroxylation is 1. The van der Waals surface area contributed by atoms with Crippen LogP contribution in [0.3, 0.4) is 0 Å². The van der Waals surface area contributed by atoms with Crippen LogP contribution in [0.25, 0.3) is 11.3 Å². The Morgan fingerprint density at radius 2 is 2.05 bits per heavy atom. The molecular weight excluding hydrogens is 260 g/mol. The van der Waals surface area contributed by atoms with Crippen LogP contribution in [0.4, 0.5) is 8.78 Å². The average molecular weight is 279 g/mol. The molecule has 1 aromatic carbocycles. The van der Waals surface area contributed by atoms with Crippen molar-refractivity contribution >= 4 is 0 Å². The fourth-order valence-corrected chi connectivity index (χ4v) is 1.95. The highest BCUT2D eigenvalue weighted by molar-refractivity contribution is 5.58. The largest absolute Gasteiger partial charge is 0.342 e. The molecule has 0 unspecified atom stereocenters. The molecule has 0 spiro atoms. The Bertz CT molecular complexity index is 564. The first-order valence-corrected chi connectivity index (χ1v) is 6.79. The predicted molar refractivity (Wildman–Crippen MR) is 75.4 cm³/mol. The van der Waals surface area contributed by atoms with Crippen LogP contribution in [-0.2, 0) is 6.42 Å². The Hall–Kier alpha value is -1.75. The van der Waals surface area contributed by atoms with Gasteiger partial charge in [0.1, 0.15) is 5.82 Å². The van der Waals surface area contributed by atoms with Crippen molar-refractivity contribution in [2.75, 3.05) is 6.54 Å². The number of hydrogen-bond donors (Lipinski definition) is 2. The molecule has 0 radical (unpaired) electrons. The Morgan fingerprint density at radius 3 is 2.75 bits per heavy atom. The molecule has 0 aliphatic heterocycles. The third-order valence-corrected chi connectivity index (χ3v) is 3.00. The van der Waals surface area contributed by atoms with Crippen LogP contribution in [0.2, 0.25) is 0 Å². The second-order valence-electron chi connectivity index (χ2n) is 5.08. The van der Waals surface area contributed by atoms with Crippen LogP contribution in [0, 0.1) is 11.6 Å². The third kappa shape index (κ3) is 3.87. The van der Waals surface area contributed by atoms with Crippen LogP contribution in [0.5, 0.6) is 0 Å². The monoisotopic (exact) mass is 279 g/mol. The Kier molecular flexibility index (Phi) is 4.84. The highest BCUT2D eigenvalue weighted by Crippen LogP contribution is 2.19. The highest BCUT2D eigenvalue weighted by Gasteiger charge is 2.07. The summed E-state index contributed by atoms with van der Waals surface area (Å²) in [4.78, 5) is 7.40. The summed E-state index contributed by atoms with van der Waals surface area (Å²) in [5, 5.41) is 3.33. The maximum absolute atomic E-state index is 13.2. The molecule has 2 rings (SSSR count). The molecule has 0 atom stereocenters. The zero-order valence-electron chi connectivity index (χ0n) is 11.7. The van der Waals surface area contributed by atoms with E-state index in [-0.39, 0.29) is 0 Å². The molecule has 2 N–H and O–H groups in total. The van der Waals surface area contributed by atoms with Crippen molar-refractivity contribution in [3.05, 3.63) is 41.9 Å². The number of hydrogen-bond acceptors (Lipinski definition) is 2. The Balaban J connectivity index is 1.96. The molecule has 0 aliphatic carbocycles. The van der Waals surface area contributed by atoms with Crippen molar-refractivity contribution in [2.45, 2.75) is 32.7 Å². The van der Waals surface area contributed by atoms with E-state index < -0.39 is 11.6 Å². The number of imidazole rings is 1. The second-order valence-corrected chi connectivity index (χ2v) is 5.08. The van der Waals surface area contributed by atoms with Crippen LogP contribution in [0.1, 0.15) is 26.1 Å². The molecule has 108 valence electrons. The second kappa shape index (κ2) is 6.61. The normalized spacial score (nSPS) is 11.2. The standard InChI is InChI=1S/C15H19F2N3/c1-10(2)18-7-3-4-15-19-9-14(20-15)11-5-6-12(16)13(17)8-11/h5-6,8-10,18H,3-4,7H2,1-2H3,(H,19,20). The summed E-state index contributed by atoms with van der Waals surface area (Å²) in [5.74, 6) is -0.830. The SMILES string of the molecule is CC(C)NCCCc1ncc(-c2ccc(F)c(F)c2)[nH]1. The molecule has 1 heterocycles. The van der Waals surface area contributed by atoms with Crippen molar-refractivity contribution in [3.63, 3.8) is 0 Å². The third-order valence-electron chi connectivity index (χ3n) is 3.00. The molecule has 0 saturated heterocycles. The number of benzene rings is 1. The predicted octanol–water partition coefficient (Wildman–Crippen LogP) is 3.29. The number of aromatic amines is 1. The first kappa shape index (κ1) is 14.7. The molecule has 0 fully saturated rings. The minimum Gasteiger partial charge on any atom is -0.342 e. The lowest BCUT2D eigenvalue weighted by Gasteiger charge is -2.06. The minimum absolute atomic E-state index is 0.476. The Labute approximate surface area is 117 Å². The van der Waals surface area contributed by atoms with Gasteiger partial charge in [-0.15, -0.1) is 0 Å². The van der Waals surface area contributed by atoms with Gasteiger partial charge in [-0.2, -0.15) is 0 Å². The first-order chi connectivity index (χ1) is 9.56. The molecule has 3 nitrogen and oxygen atoms in total. The number of nitrogens with one attached hydrogen (secondary N) is 2. The van der Waals surface area contributed by atoms with E-state index in [9.17, 15) is 8.78 Å². The van der Waals surface area contributed by atoms with E-state index in [0.717, 1.165) is 31.3 Å². The van der Waals surface area contributed by atoms with E-state index in [1.165, 1.54) is 12.1 Å². The van der Waals surface area contributed by atoms with Gasteiger partial charge in [-0.3, -0.25) is 0 Å². The van der Waals surface area contributed by atoms with Gasteiger partial charge in [0.15, 0.2) is 11.6 Å². The number of nitrogens with zero attached hydrogens (tertiary/aromatic N) is 1. The molecule has 20 heavy (non-hydrogen) atoms. The number of halogens is 2. The van der Waals surface area contributed by atoms with E-state index in [1.54, 1.807) is 6.20 Å². The van der Waals surface area contributed by atoms with E-state index in [0.29, 0.717) is 17.3 Å². The first-order valence-electron chi connectivity index (χ1n) is 6.79. The van der Waals surface area contributed by atoms with Crippen molar-refractivity contribution < 1.29 is 8.78 Å². The van der Waals surface area contributed by atoms with E-state index in [1.807, 2.05) is 0 Å². The molecule has 0 aliphatic rings. The lowest BCUT2D eigenvalue weighted by Crippen LogP contribution is -2.24. The van der Waals surface area contributed by atoms with Crippen molar-refractivity contribution in [1.82, 2.24) is 15.3 Å². The van der Waals surface area contributed by atoms with Gasteiger partial charge in [-0.1, -0.05) is 13.8 Å². The van der Waals surface area contributed by atoms with Crippen LogP contribution in [0.15, 0.2) is 24.4 Å². The summed E-state index contributed by atoms with van der Waals surface area (Å²) in [6.45, 7) is 5.14. The summed E-state index contributed by atoms with van der Waals surface area (Å²) in [6.07, 6.45) is 3.45. The quantitative estimate of drug-likeness (QED) is 0.797. The number of H-pyrrole nitrogens is 1. The molecule has 1 aromatic heterocycles. The van der Waals surface area contributed by atoms with Crippen molar-refractivity contribution in [2.24, 2.45) is 0 Å². The van der Waals surface area contributed by atoms with Crippen LogP contribution < -0.4 is 5.32 Å². The summed E-state index contributed by atoms with van der Waals surface area (Å²) in [6, 6.07) is 4.31. The van der Waals surface area contributed by atoms with Crippen molar-refractivity contribution in [3.8, 4) is 11.3 Å².